The van der Waals surface area contributed by atoms with Crippen LogP contribution >= 0.6 is 12.0 Å². The first-order chi connectivity index (χ1) is 9.69. The van der Waals surface area contributed by atoms with E-state index in [1.807, 2.05) is 49.4 Å². The normalized spacial score (nSPS) is 11.7. The van der Waals surface area contributed by atoms with Crippen molar-refractivity contribution in [2.75, 3.05) is 7.11 Å². The van der Waals surface area contributed by atoms with Crippen LogP contribution in [0, 0.1) is 13.5 Å². The summed E-state index contributed by atoms with van der Waals surface area (Å²) < 4.78 is 14.6. The fourth-order valence-corrected chi connectivity index (χ4v) is 2.60. The predicted molar refractivity (Wildman–Crippen MR) is 82.8 cm³/mol. The fraction of sp³-hybridized carbons (Fsp3) is 0.188. The maximum Gasteiger partial charge on any atom is 0.323 e. The highest BCUT2D eigenvalue weighted by Crippen LogP contribution is 2.34. The number of hydrogen-bond acceptors (Lipinski definition) is 3. The van der Waals surface area contributed by atoms with Gasteiger partial charge in [-0.25, -0.2) is 0 Å². The van der Waals surface area contributed by atoms with E-state index < -0.39 is 0 Å². The number of hydrogen-bond donors (Lipinski definition) is 1. The molecule has 0 aliphatic heterocycles. The highest BCUT2D eigenvalue weighted by atomic mass is 32.2. The van der Waals surface area contributed by atoms with E-state index in [1.165, 1.54) is 0 Å². The second-order valence-corrected chi connectivity index (χ2v) is 5.08. The minimum atomic E-state index is -0.309. The van der Waals surface area contributed by atoms with Crippen LogP contribution in [-0.4, -0.2) is 11.7 Å². The summed E-state index contributed by atoms with van der Waals surface area (Å²) >= 11 is 0.715. The lowest BCUT2D eigenvalue weighted by Gasteiger charge is -2.08. The van der Waals surface area contributed by atoms with Crippen LogP contribution in [0.25, 0.3) is 4.85 Å². The molecule has 0 aliphatic rings. The molecule has 0 aliphatic carbocycles. The molecule has 2 aromatic rings. The lowest BCUT2D eigenvalue weighted by Crippen LogP contribution is -1.99. The highest BCUT2D eigenvalue weighted by molar-refractivity contribution is 7.93. The molecule has 2 rings (SSSR count). The van der Waals surface area contributed by atoms with Crippen LogP contribution < -0.4 is 4.74 Å². The summed E-state index contributed by atoms with van der Waals surface area (Å²) in [5, 5.41) is 0. The van der Waals surface area contributed by atoms with Crippen LogP contribution in [0.2, 0.25) is 0 Å². The number of rotatable bonds is 4. The minimum Gasteiger partial charge on any atom is -0.497 e. The van der Waals surface area contributed by atoms with Crippen LogP contribution in [-0.2, 0) is 0 Å². The van der Waals surface area contributed by atoms with E-state index in [0.717, 1.165) is 27.3 Å². The number of nitrogens with zero attached hydrogens (tertiary/aromatic N) is 1. The molecule has 0 unspecified atom stereocenters. The topological polar surface area (TPSA) is 33.8 Å². The van der Waals surface area contributed by atoms with Crippen molar-refractivity contribution in [1.82, 2.24) is 0 Å². The lowest BCUT2D eigenvalue weighted by molar-refractivity contribution is 0.414. The zero-order chi connectivity index (χ0) is 14.5. The Morgan fingerprint density at radius 2 is 1.90 bits per heavy atom. The Balaban J connectivity index is 2.44. The van der Waals surface area contributed by atoms with Crippen molar-refractivity contribution in [3.05, 3.63) is 64.0 Å². The molecule has 0 aromatic heterocycles. The van der Waals surface area contributed by atoms with Gasteiger partial charge >= 0.3 is 6.04 Å². The summed E-state index contributed by atoms with van der Waals surface area (Å²) in [6.45, 7) is 7.55. The number of methoxy groups -OCH3 is 1. The summed E-state index contributed by atoms with van der Waals surface area (Å²) in [6.07, 6.45) is 0. The van der Waals surface area contributed by atoms with Gasteiger partial charge in [-0.1, -0.05) is 10.9 Å². The van der Waals surface area contributed by atoms with Gasteiger partial charge in [0.1, 0.15) is 5.75 Å². The molecule has 0 bridgehead atoms. The van der Waals surface area contributed by atoms with Crippen molar-refractivity contribution in [1.29, 1.82) is 0 Å². The van der Waals surface area contributed by atoms with Crippen molar-refractivity contribution in [2.45, 2.75) is 17.9 Å². The molecule has 0 spiro atoms. The van der Waals surface area contributed by atoms with E-state index >= 15 is 0 Å². The van der Waals surface area contributed by atoms with E-state index in [0.29, 0.717) is 12.0 Å². The summed E-state index contributed by atoms with van der Waals surface area (Å²) in [6, 6.07) is 13.1. The quantitative estimate of drug-likeness (QED) is 0.833. The third-order valence-corrected chi connectivity index (χ3v) is 3.69. The summed E-state index contributed by atoms with van der Waals surface area (Å²) in [7, 11) is 1.63. The first kappa shape index (κ1) is 14.4. The maximum absolute atomic E-state index is 9.43. The van der Waals surface area contributed by atoms with E-state index in [2.05, 4.69) is 4.85 Å². The number of ether oxygens (including phenoxy) is 1. The van der Waals surface area contributed by atoms with Crippen molar-refractivity contribution >= 4 is 12.0 Å². The highest BCUT2D eigenvalue weighted by Gasteiger charge is 2.25. The first-order valence-electron chi connectivity index (χ1n) is 6.15. The maximum atomic E-state index is 9.43. The second-order valence-electron chi connectivity index (χ2n) is 4.46. The molecular formula is C16H16NO2S+. The Morgan fingerprint density at radius 3 is 2.45 bits per heavy atom. The van der Waals surface area contributed by atoms with Gasteiger partial charge in [-0.3, -0.25) is 0 Å². The Hall–Kier alpha value is -1.96. The molecule has 2 aromatic carbocycles. The van der Waals surface area contributed by atoms with Crippen LogP contribution in [0.4, 0.5) is 0 Å². The average molecular weight is 286 g/mol. The smallest absolute Gasteiger partial charge is 0.323 e. The third-order valence-electron chi connectivity index (χ3n) is 3.14. The van der Waals surface area contributed by atoms with E-state index in [-0.39, 0.29) is 6.04 Å². The zero-order valence-electron chi connectivity index (χ0n) is 11.4. The minimum absolute atomic E-state index is 0.309. The third kappa shape index (κ3) is 2.96. The summed E-state index contributed by atoms with van der Waals surface area (Å²) in [5.74, 6) is 0.783. The second kappa shape index (κ2) is 6.47. The van der Waals surface area contributed by atoms with Gasteiger partial charge in [-0.05, 0) is 48.9 Å². The van der Waals surface area contributed by atoms with Crippen LogP contribution in [0.5, 0.6) is 5.75 Å². The van der Waals surface area contributed by atoms with Crippen molar-refractivity contribution in [2.24, 2.45) is 0 Å². The van der Waals surface area contributed by atoms with Gasteiger partial charge in [0, 0.05) is 22.5 Å². The first-order valence-corrected chi connectivity index (χ1v) is 6.93. The number of aryl methyl sites for hydroxylation is 1. The average Bonchev–Trinajstić information content (AvgIpc) is 2.50. The van der Waals surface area contributed by atoms with Gasteiger partial charge in [0.05, 0.1) is 12.7 Å². The molecule has 0 saturated carbocycles. The molecule has 0 saturated heterocycles. The molecule has 0 radical (unpaired) electrons. The van der Waals surface area contributed by atoms with Crippen molar-refractivity contribution in [3.8, 4) is 12.3 Å². The SMILES string of the molecule is C#[N+][C@@H](c1ccc(OC)cc1)c1ccc(C)cc1SO. The van der Waals surface area contributed by atoms with E-state index in [1.54, 1.807) is 7.11 Å². The molecule has 4 heteroatoms. The summed E-state index contributed by atoms with van der Waals surface area (Å²) in [5.41, 5.74) is 2.92. The molecular weight excluding hydrogens is 270 g/mol. The molecule has 1 atom stereocenters. The Bertz CT molecular complexity index is 632. The van der Waals surface area contributed by atoms with Crippen LogP contribution in [0.3, 0.4) is 0 Å². The van der Waals surface area contributed by atoms with Crippen LogP contribution in [0.15, 0.2) is 47.4 Å². The molecule has 3 nitrogen and oxygen atoms in total. The lowest BCUT2D eigenvalue weighted by atomic mass is 9.98. The molecule has 0 amide bonds. The van der Waals surface area contributed by atoms with Gasteiger partial charge < -0.3 is 9.29 Å². The Kier molecular flexibility index (Phi) is 4.67. The molecule has 102 valence electrons. The van der Waals surface area contributed by atoms with E-state index in [4.69, 9.17) is 11.3 Å². The molecule has 0 heterocycles. The molecule has 0 fully saturated rings. The van der Waals surface area contributed by atoms with Crippen molar-refractivity contribution in [3.63, 3.8) is 0 Å². The number of benzene rings is 2. The predicted octanol–water partition coefficient (Wildman–Crippen LogP) is 4.62. The standard InChI is InChI=1S/C16H15NO2S/c1-11-4-9-14(15(10-11)20-18)16(17-2)12-5-7-13(19-3)8-6-12/h2,4-10,16H,1,3H3/p+1/t16-/m0/s1. The molecule has 20 heavy (non-hydrogen) atoms. The van der Waals surface area contributed by atoms with Crippen LogP contribution in [0.1, 0.15) is 22.7 Å². The fourth-order valence-electron chi connectivity index (χ4n) is 2.08. The zero-order valence-corrected chi connectivity index (χ0v) is 12.2. The largest absolute Gasteiger partial charge is 0.497 e. The Morgan fingerprint density at radius 1 is 1.20 bits per heavy atom. The van der Waals surface area contributed by atoms with Gasteiger partial charge in [0.25, 0.3) is 6.57 Å². The van der Waals surface area contributed by atoms with Gasteiger partial charge in [-0.2, -0.15) is 0 Å². The van der Waals surface area contributed by atoms with E-state index in [9.17, 15) is 4.55 Å². The van der Waals surface area contributed by atoms with Gasteiger partial charge in [0.2, 0.25) is 0 Å². The summed E-state index contributed by atoms with van der Waals surface area (Å²) in [4.78, 5) is 4.72. The van der Waals surface area contributed by atoms with Gasteiger partial charge in [0.15, 0.2) is 0 Å². The monoisotopic (exact) mass is 286 g/mol. The van der Waals surface area contributed by atoms with Crippen molar-refractivity contribution < 1.29 is 9.29 Å². The molecule has 1 N–H and O–H groups in total. The Labute approximate surface area is 123 Å². The van der Waals surface area contributed by atoms with Gasteiger partial charge in [-0.15, -0.1) is 0 Å².